The summed E-state index contributed by atoms with van der Waals surface area (Å²) in [5.41, 5.74) is 0.390. The number of halogens is 1. The first-order chi connectivity index (χ1) is 8.86. The van der Waals surface area contributed by atoms with Crippen LogP contribution in [0.15, 0.2) is 23.1 Å². The lowest BCUT2D eigenvalue weighted by atomic mass is 10.1. The summed E-state index contributed by atoms with van der Waals surface area (Å²) in [4.78, 5) is 25.8. The first-order valence-electron chi connectivity index (χ1n) is 5.82. The summed E-state index contributed by atoms with van der Waals surface area (Å²) in [6.07, 6.45) is 0. The molecular weight excluding hydrogens is 284 g/mol. The van der Waals surface area contributed by atoms with E-state index in [1.807, 2.05) is 0 Å². The summed E-state index contributed by atoms with van der Waals surface area (Å²) in [6, 6.07) is 4.97. The number of hydrogen-bond acceptors (Lipinski definition) is 3. The van der Waals surface area contributed by atoms with Gasteiger partial charge < -0.3 is 10.2 Å². The van der Waals surface area contributed by atoms with Crippen molar-refractivity contribution >= 4 is 36.0 Å². The number of nitrogens with zero attached hydrogens (tertiary/aromatic N) is 1. The molecule has 1 aromatic carbocycles. The van der Waals surface area contributed by atoms with E-state index in [0.717, 1.165) is 0 Å². The monoisotopic (exact) mass is 300 g/mol. The fourth-order valence-corrected chi connectivity index (χ4v) is 2.11. The number of thiol groups is 1. The van der Waals surface area contributed by atoms with Crippen LogP contribution in [0.2, 0.25) is 5.02 Å². The van der Waals surface area contributed by atoms with E-state index in [4.69, 9.17) is 11.6 Å². The minimum atomic E-state index is -0.281. The number of nitrogens with one attached hydrogen (secondary N) is 1. The van der Waals surface area contributed by atoms with Gasteiger partial charge >= 0.3 is 0 Å². The average molecular weight is 301 g/mol. The molecule has 0 aromatic heterocycles. The summed E-state index contributed by atoms with van der Waals surface area (Å²) in [7, 11) is 3.21. The molecule has 1 rings (SSSR count). The van der Waals surface area contributed by atoms with Gasteiger partial charge in [-0.3, -0.25) is 9.59 Å². The van der Waals surface area contributed by atoms with Crippen molar-refractivity contribution in [2.45, 2.75) is 11.8 Å². The molecule has 0 aliphatic carbocycles. The Hall–Kier alpha value is -1.20. The summed E-state index contributed by atoms with van der Waals surface area (Å²) < 4.78 is 0. The topological polar surface area (TPSA) is 49.4 Å². The SMILES string of the molecule is CNC(=O)C(C)CN(C)C(=O)c1cc(S)ccc1Cl. The van der Waals surface area contributed by atoms with Crippen LogP contribution in [0.1, 0.15) is 17.3 Å². The van der Waals surface area contributed by atoms with Gasteiger partial charge in [0.15, 0.2) is 0 Å². The molecule has 2 amide bonds. The molecule has 0 saturated heterocycles. The molecule has 0 aliphatic heterocycles. The van der Waals surface area contributed by atoms with Gasteiger partial charge in [0.05, 0.1) is 16.5 Å². The van der Waals surface area contributed by atoms with Crippen LogP contribution in [0.4, 0.5) is 0 Å². The highest BCUT2D eigenvalue weighted by Gasteiger charge is 2.20. The van der Waals surface area contributed by atoms with Crippen molar-refractivity contribution in [3.63, 3.8) is 0 Å². The van der Waals surface area contributed by atoms with Gasteiger partial charge in [0, 0.05) is 25.5 Å². The molecule has 0 radical (unpaired) electrons. The van der Waals surface area contributed by atoms with Crippen LogP contribution in [0.25, 0.3) is 0 Å². The van der Waals surface area contributed by atoms with Gasteiger partial charge in [0.25, 0.3) is 5.91 Å². The minimum Gasteiger partial charge on any atom is -0.359 e. The largest absolute Gasteiger partial charge is 0.359 e. The Morgan fingerprint density at radius 2 is 2.11 bits per heavy atom. The second-order valence-corrected chi connectivity index (χ2v) is 5.29. The van der Waals surface area contributed by atoms with Gasteiger partial charge in [0.1, 0.15) is 0 Å². The molecule has 0 spiro atoms. The number of hydrogen-bond donors (Lipinski definition) is 2. The smallest absolute Gasteiger partial charge is 0.255 e. The standard InChI is InChI=1S/C13H17ClN2O2S/c1-8(12(17)15-2)7-16(3)13(18)10-6-9(19)4-5-11(10)14/h4-6,8,19H,7H2,1-3H3,(H,15,17). The van der Waals surface area contributed by atoms with Crippen molar-refractivity contribution < 1.29 is 9.59 Å². The highest BCUT2D eigenvalue weighted by molar-refractivity contribution is 7.80. The Morgan fingerprint density at radius 3 is 2.68 bits per heavy atom. The first-order valence-corrected chi connectivity index (χ1v) is 6.65. The lowest BCUT2D eigenvalue weighted by Gasteiger charge is -2.21. The molecule has 4 nitrogen and oxygen atoms in total. The van der Waals surface area contributed by atoms with Gasteiger partial charge in [-0.1, -0.05) is 18.5 Å². The number of carbonyl (C=O) groups is 2. The van der Waals surface area contributed by atoms with E-state index in [1.54, 1.807) is 39.2 Å². The highest BCUT2D eigenvalue weighted by Crippen LogP contribution is 2.21. The van der Waals surface area contributed by atoms with Gasteiger partial charge in [-0.2, -0.15) is 0 Å². The highest BCUT2D eigenvalue weighted by atomic mass is 35.5. The van der Waals surface area contributed by atoms with Gasteiger partial charge in [-0.25, -0.2) is 0 Å². The van der Waals surface area contributed by atoms with E-state index in [9.17, 15) is 9.59 Å². The minimum absolute atomic E-state index is 0.103. The molecule has 6 heteroatoms. The fourth-order valence-electron chi connectivity index (χ4n) is 1.71. The lowest BCUT2D eigenvalue weighted by molar-refractivity contribution is -0.124. The zero-order chi connectivity index (χ0) is 14.6. The van der Waals surface area contributed by atoms with Gasteiger partial charge in [-0.05, 0) is 18.2 Å². The van der Waals surface area contributed by atoms with Crippen LogP contribution >= 0.6 is 24.2 Å². The number of amides is 2. The normalized spacial score (nSPS) is 11.8. The maximum atomic E-state index is 12.2. The van der Waals surface area contributed by atoms with Crippen molar-refractivity contribution in [1.29, 1.82) is 0 Å². The van der Waals surface area contributed by atoms with Crippen molar-refractivity contribution in [3.8, 4) is 0 Å². The molecule has 1 N–H and O–H groups in total. The van der Waals surface area contributed by atoms with Crippen molar-refractivity contribution in [2.75, 3.05) is 20.6 Å². The van der Waals surface area contributed by atoms with Crippen LogP contribution in [0.3, 0.4) is 0 Å². The lowest BCUT2D eigenvalue weighted by Crippen LogP contribution is -2.37. The predicted molar refractivity (Wildman–Crippen MR) is 78.9 cm³/mol. The Balaban J connectivity index is 2.82. The summed E-state index contributed by atoms with van der Waals surface area (Å²) in [5.74, 6) is -0.609. The predicted octanol–water partition coefficient (Wildman–Crippen LogP) is 2.08. The molecule has 104 valence electrons. The van der Waals surface area contributed by atoms with Gasteiger partial charge in [0.2, 0.25) is 5.91 Å². The van der Waals surface area contributed by atoms with Crippen LogP contribution in [-0.4, -0.2) is 37.4 Å². The molecule has 19 heavy (non-hydrogen) atoms. The zero-order valence-electron chi connectivity index (χ0n) is 11.1. The molecule has 1 unspecified atom stereocenters. The quantitative estimate of drug-likeness (QED) is 0.837. The molecular formula is C13H17ClN2O2S. The maximum Gasteiger partial charge on any atom is 0.255 e. The van der Waals surface area contributed by atoms with E-state index in [2.05, 4.69) is 17.9 Å². The summed E-state index contributed by atoms with van der Waals surface area (Å²) in [6.45, 7) is 2.09. The second kappa shape index (κ2) is 6.82. The van der Waals surface area contributed by atoms with E-state index in [0.29, 0.717) is 22.0 Å². The third-order valence-corrected chi connectivity index (χ3v) is 3.38. The van der Waals surface area contributed by atoms with Crippen LogP contribution < -0.4 is 5.32 Å². The number of rotatable bonds is 4. The average Bonchev–Trinajstić information content (AvgIpc) is 2.39. The van der Waals surface area contributed by atoms with E-state index < -0.39 is 0 Å². The summed E-state index contributed by atoms with van der Waals surface area (Å²) in [5, 5.41) is 2.93. The molecule has 0 fully saturated rings. The second-order valence-electron chi connectivity index (χ2n) is 4.37. The van der Waals surface area contributed by atoms with Crippen molar-refractivity contribution in [1.82, 2.24) is 10.2 Å². The third-order valence-electron chi connectivity index (χ3n) is 2.77. The molecule has 0 aliphatic rings. The number of benzene rings is 1. The van der Waals surface area contributed by atoms with Gasteiger partial charge in [-0.15, -0.1) is 12.6 Å². The third kappa shape index (κ3) is 4.14. The van der Waals surface area contributed by atoms with E-state index in [-0.39, 0.29) is 17.7 Å². The first kappa shape index (κ1) is 15.9. The van der Waals surface area contributed by atoms with E-state index in [1.165, 1.54) is 4.90 Å². The molecule has 1 aromatic rings. The Labute approximate surface area is 123 Å². The van der Waals surface area contributed by atoms with E-state index >= 15 is 0 Å². The van der Waals surface area contributed by atoms with Crippen LogP contribution in [-0.2, 0) is 4.79 Å². The Bertz CT molecular complexity index is 494. The molecule has 0 heterocycles. The molecule has 1 atom stereocenters. The van der Waals surface area contributed by atoms with Crippen molar-refractivity contribution in [2.24, 2.45) is 5.92 Å². The number of carbonyl (C=O) groups excluding carboxylic acids is 2. The Morgan fingerprint density at radius 1 is 1.47 bits per heavy atom. The maximum absolute atomic E-state index is 12.2. The van der Waals surface area contributed by atoms with Crippen LogP contribution in [0.5, 0.6) is 0 Å². The summed E-state index contributed by atoms with van der Waals surface area (Å²) >= 11 is 10.2. The molecule has 0 bridgehead atoms. The van der Waals surface area contributed by atoms with Crippen molar-refractivity contribution in [3.05, 3.63) is 28.8 Å². The Kier molecular flexibility index (Phi) is 5.69. The van der Waals surface area contributed by atoms with Crippen LogP contribution in [0, 0.1) is 5.92 Å². The fraction of sp³-hybridized carbons (Fsp3) is 0.385. The zero-order valence-corrected chi connectivity index (χ0v) is 12.8. The molecule has 0 saturated carbocycles.